The number of hydrogen-bond donors (Lipinski definition) is 2. The van der Waals surface area contributed by atoms with E-state index in [-0.39, 0.29) is 11.5 Å². The van der Waals surface area contributed by atoms with Crippen molar-refractivity contribution in [1.29, 1.82) is 0 Å². The molecule has 0 saturated heterocycles. The SMILES string of the molecule is C[15n]1c[15n]c2[15n]c([15NH2])[15nH]c(=O)c21. The van der Waals surface area contributed by atoms with Crippen LogP contribution < -0.4 is 11.3 Å². The molecule has 2 aromatic rings. The number of fused-ring (bicyclic) bond motifs is 1. The summed E-state index contributed by atoms with van der Waals surface area (Å²) in [7, 11) is 1.72. The van der Waals surface area contributed by atoms with Crippen LogP contribution in [0.2, 0.25) is 0 Å². The van der Waals surface area contributed by atoms with Crippen molar-refractivity contribution in [2.24, 2.45) is 7.05 Å². The predicted molar refractivity (Wildman–Crippen MR) is 43.5 cm³/mol. The van der Waals surface area contributed by atoms with Crippen LogP contribution in [-0.2, 0) is 7.05 Å². The van der Waals surface area contributed by atoms with E-state index in [2.05, 4.69) is 15.0 Å². The third kappa shape index (κ3) is 0.777. The second-order valence-corrected chi connectivity index (χ2v) is 2.48. The van der Waals surface area contributed by atoms with E-state index in [4.69, 9.17) is 5.73 Å². The van der Waals surface area contributed by atoms with Crippen LogP contribution in [0.4, 0.5) is 5.95 Å². The van der Waals surface area contributed by atoms with Gasteiger partial charge in [0.05, 0.1) is 6.33 Å². The lowest BCUT2D eigenvalue weighted by Gasteiger charge is -1.93. The van der Waals surface area contributed by atoms with Gasteiger partial charge in [0.15, 0.2) is 11.2 Å². The fourth-order valence-electron chi connectivity index (χ4n) is 1.08. The first kappa shape index (κ1) is 6.84. The average molecular weight is 170 g/mol. The molecule has 2 rings (SSSR count). The minimum Gasteiger partial charge on any atom is -0.369 e. The van der Waals surface area contributed by atoms with Crippen LogP contribution in [-0.4, -0.2) is 19.5 Å². The smallest absolute Gasteiger partial charge is 0.278 e. The summed E-state index contributed by atoms with van der Waals surface area (Å²) in [6.45, 7) is 0. The molecule has 0 fully saturated rings. The summed E-state index contributed by atoms with van der Waals surface area (Å²) in [4.78, 5) is 21.4. The summed E-state index contributed by atoms with van der Waals surface area (Å²) in [5.74, 6) is 0.0891. The van der Waals surface area contributed by atoms with E-state index in [1.165, 1.54) is 6.33 Å². The van der Waals surface area contributed by atoms with Crippen LogP contribution in [0.5, 0.6) is 0 Å². The second kappa shape index (κ2) is 2.07. The average Bonchev–Trinajstić information content (AvgIpc) is 2.31. The number of rotatable bonds is 0. The number of anilines is 1. The summed E-state index contributed by atoms with van der Waals surface area (Å²) in [6, 6.07) is 0. The maximum atomic E-state index is 11.2. The molecule has 0 saturated carbocycles. The summed E-state index contributed by atoms with van der Waals surface area (Å²) in [5.41, 5.74) is 5.86. The van der Waals surface area contributed by atoms with Crippen LogP contribution in [0, 0.1) is 0 Å². The first-order chi connectivity index (χ1) is 5.68. The summed E-state index contributed by atoms with van der Waals surface area (Å²) < 4.78 is 1.60. The first-order valence-corrected chi connectivity index (χ1v) is 3.35. The van der Waals surface area contributed by atoms with E-state index >= 15 is 0 Å². The molecule has 0 spiro atoms. The predicted octanol–water partition coefficient (Wildman–Crippen LogP) is -0.761. The molecule has 0 amide bonds. The molecule has 6 heteroatoms. The third-order valence-corrected chi connectivity index (χ3v) is 1.60. The van der Waals surface area contributed by atoms with E-state index in [1.807, 2.05) is 0 Å². The zero-order valence-electron chi connectivity index (χ0n) is 6.40. The molecule has 6 nitrogen and oxygen atoms in total. The Hall–Kier alpha value is -1.85. The number of aromatic nitrogens is 4. The van der Waals surface area contributed by atoms with Gasteiger partial charge in [0.25, 0.3) is 5.56 Å². The highest BCUT2D eigenvalue weighted by atomic mass is 16.2. The Balaban J connectivity index is 3.03. The van der Waals surface area contributed by atoms with Crippen molar-refractivity contribution in [3.05, 3.63) is 16.7 Å². The molecule has 0 atom stereocenters. The van der Waals surface area contributed by atoms with Gasteiger partial charge in [0.2, 0.25) is 5.95 Å². The molecule has 0 aliphatic rings. The van der Waals surface area contributed by atoms with Gasteiger partial charge in [0, 0.05) is 7.05 Å². The zero-order chi connectivity index (χ0) is 8.72. The molecule has 12 heavy (non-hydrogen) atoms. The number of nitrogens with one attached hydrogen (secondary N) is 1. The molecule has 0 unspecified atom stereocenters. The first-order valence-electron chi connectivity index (χ1n) is 3.35. The van der Waals surface area contributed by atoms with Gasteiger partial charge >= 0.3 is 0 Å². The molecule has 3 N–H and O–H groups in total. The highest BCUT2D eigenvalue weighted by Crippen LogP contribution is 2.02. The fraction of sp³-hybridized carbons (Fsp3) is 0.167. The number of nitrogens with zero attached hydrogens (tertiary/aromatic N) is 3. The molecule has 0 aliphatic heterocycles. The summed E-state index contributed by atoms with van der Waals surface area (Å²) >= 11 is 0. The fourth-order valence-corrected chi connectivity index (χ4v) is 1.08. The van der Waals surface area contributed by atoms with Crippen LogP contribution >= 0.6 is 0 Å². The maximum absolute atomic E-state index is 11.2. The van der Waals surface area contributed by atoms with Crippen LogP contribution in [0.25, 0.3) is 11.2 Å². The van der Waals surface area contributed by atoms with Crippen LogP contribution in [0.15, 0.2) is 11.1 Å². The van der Waals surface area contributed by atoms with E-state index in [0.717, 1.165) is 0 Å². The van der Waals surface area contributed by atoms with Crippen LogP contribution in [0.1, 0.15) is 0 Å². The number of hydrogen-bond acceptors (Lipinski definition) is 4. The van der Waals surface area contributed by atoms with Crippen molar-refractivity contribution < 1.29 is 0 Å². The molecule has 0 radical (unpaired) electrons. The van der Waals surface area contributed by atoms with Crippen molar-refractivity contribution in [2.75, 3.05) is 5.73 Å². The number of imidazole rings is 1. The highest BCUT2D eigenvalue weighted by Gasteiger charge is 2.05. The zero-order valence-corrected chi connectivity index (χ0v) is 6.40. The van der Waals surface area contributed by atoms with Gasteiger partial charge in [-0.3, -0.25) is 9.78 Å². The molecule has 0 aromatic carbocycles. The molecule has 2 aromatic heterocycles. The van der Waals surface area contributed by atoms with Crippen molar-refractivity contribution in [1.82, 2.24) is 19.5 Å². The normalized spacial score (nSPS) is 10.8. The number of aromatic amines is 1. The van der Waals surface area contributed by atoms with Gasteiger partial charge in [-0.1, -0.05) is 0 Å². The van der Waals surface area contributed by atoms with Gasteiger partial charge < -0.3 is 10.3 Å². The quantitative estimate of drug-likeness (QED) is 0.508. The van der Waals surface area contributed by atoms with Crippen LogP contribution in [0.3, 0.4) is 0 Å². The monoisotopic (exact) mass is 170 g/mol. The minimum absolute atomic E-state index is 0.0891. The van der Waals surface area contributed by atoms with Gasteiger partial charge in [0.1, 0.15) is 0 Å². The van der Waals surface area contributed by atoms with Crippen molar-refractivity contribution >= 4 is 17.1 Å². The van der Waals surface area contributed by atoms with E-state index in [0.29, 0.717) is 11.2 Å². The topological polar surface area (TPSA) is 89.6 Å². The maximum Gasteiger partial charge on any atom is 0.278 e. The number of nitrogen functional groups attached to an aromatic ring is 1. The number of H-pyrrole nitrogens is 1. The summed E-state index contributed by atoms with van der Waals surface area (Å²) in [6.07, 6.45) is 1.52. The largest absolute Gasteiger partial charge is 0.369 e. The molecule has 0 aliphatic carbocycles. The van der Waals surface area contributed by atoms with Crippen molar-refractivity contribution in [3.63, 3.8) is 0 Å². The van der Waals surface area contributed by atoms with Gasteiger partial charge in [-0.15, -0.1) is 0 Å². The number of aryl methyl sites for hydroxylation is 1. The Morgan fingerprint density at radius 2 is 2.42 bits per heavy atom. The van der Waals surface area contributed by atoms with Crippen molar-refractivity contribution in [3.8, 4) is 0 Å². The Bertz CT molecular complexity index is 482. The molecule has 2 heterocycles. The van der Waals surface area contributed by atoms with E-state index in [9.17, 15) is 4.79 Å². The minimum atomic E-state index is -0.266. The standard InChI is InChI=1S/C6H7N5O/c1-11-2-8-4-3(11)5(12)10-6(7)9-4/h2H,1H3,(H3,7,9,10,12)/i7+1,8+1,9+1,10+1,11+1. The number of nitrogens with two attached hydrogens (primary N) is 1. The molecule has 0 bridgehead atoms. The van der Waals surface area contributed by atoms with Gasteiger partial charge in [-0.05, 0) is 0 Å². The van der Waals surface area contributed by atoms with E-state index < -0.39 is 0 Å². The Morgan fingerprint density at radius 3 is 3.17 bits per heavy atom. The van der Waals surface area contributed by atoms with Gasteiger partial charge in [-0.2, -0.15) is 4.98 Å². The Kier molecular flexibility index (Phi) is 1.18. The third-order valence-electron chi connectivity index (χ3n) is 1.60. The highest BCUT2D eigenvalue weighted by molar-refractivity contribution is 5.70. The lowest BCUT2D eigenvalue weighted by atomic mass is 10.6. The summed E-state index contributed by atoms with van der Waals surface area (Å²) in [5, 5.41) is 0. The Labute approximate surface area is 67.1 Å². The Morgan fingerprint density at radius 1 is 1.67 bits per heavy atom. The lowest BCUT2D eigenvalue weighted by molar-refractivity contribution is 0.939. The van der Waals surface area contributed by atoms with Crippen molar-refractivity contribution in [2.45, 2.75) is 0 Å². The molecular weight excluding hydrogens is 163 g/mol. The molecule has 62 valence electrons. The second-order valence-electron chi connectivity index (χ2n) is 2.48. The van der Waals surface area contributed by atoms with Gasteiger partial charge in [-0.25, -0.2) is 4.98 Å². The molecular formula is C6H7N5O. The van der Waals surface area contributed by atoms with E-state index in [1.54, 1.807) is 11.6 Å². The lowest BCUT2D eigenvalue weighted by Crippen LogP contribution is -2.13.